The van der Waals surface area contributed by atoms with Crippen molar-refractivity contribution in [2.75, 3.05) is 19.3 Å². The van der Waals surface area contributed by atoms with Gasteiger partial charge < -0.3 is 5.32 Å². The van der Waals surface area contributed by atoms with Crippen LogP contribution in [0.2, 0.25) is 0 Å². The third kappa shape index (κ3) is 4.16. The zero-order valence-corrected chi connectivity index (χ0v) is 13.6. The molecule has 0 radical (unpaired) electrons. The van der Waals surface area contributed by atoms with Crippen LogP contribution >= 0.6 is 7.92 Å². The van der Waals surface area contributed by atoms with Crippen molar-refractivity contribution < 1.29 is 0 Å². The molecule has 0 unspecified atom stereocenters. The minimum atomic E-state index is -0.250. The summed E-state index contributed by atoms with van der Waals surface area (Å²) in [4.78, 5) is 0. The number of hydrogen-bond donors (Lipinski definition) is 1. The van der Waals surface area contributed by atoms with E-state index in [2.05, 4.69) is 74.6 Å². The van der Waals surface area contributed by atoms with Crippen LogP contribution in [0.4, 0.5) is 0 Å². The van der Waals surface area contributed by atoms with Crippen molar-refractivity contribution in [2.24, 2.45) is 0 Å². The van der Waals surface area contributed by atoms with E-state index in [1.165, 1.54) is 27.9 Å². The molecule has 2 heteroatoms. The van der Waals surface area contributed by atoms with E-state index in [4.69, 9.17) is 0 Å². The second-order valence-corrected chi connectivity index (χ2v) is 7.51. The summed E-state index contributed by atoms with van der Waals surface area (Å²) in [5.74, 6) is 0. The Morgan fingerprint density at radius 3 is 1.65 bits per heavy atom. The number of nitrogens with one attached hydrogen (secondary N) is 1. The maximum atomic E-state index is 3.46. The van der Waals surface area contributed by atoms with Crippen LogP contribution in [0, 0.1) is 13.8 Å². The summed E-state index contributed by atoms with van der Waals surface area (Å²) < 4.78 is 0. The van der Waals surface area contributed by atoms with E-state index in [0.29, 0.717) is 0 Å². The second kappa shape index (κ2) is 7.57. The fourth-order valence-electron chi connectivity index (χ4n) is 2.22. The molecule has 0 aromatic heterocycles. The molecule has 0 saturated heterocycles. The smallest absolute Gasteiger partial charge is 0.000358 e. The molecule has 0 fully saturated rings. The van der Waals surface area contributed by atoms with Crippen molar-refractivity contribution in [3.8, 4) is 0 Å². The van der Waals surface area contributed by atoms with Crippen molar-refractivity contribution >= 4 is 18.5 Å². The summed E-state index contributed by atoms with van der Waals surface area (Å²) in [6.45, 7) is 8.60. The third-order valence-corrected chi connectivity index (χ3v) is 5.97. The highest BCUT2D eigenvalue weighted by Gasteiger charge is 2.13. The summed E-state index contributed by atoms with van der Waals surface area (Å²) in [7, 11) is -0.250. The zero-order chi connectivity index (χ0) is 14.4. The van der Waals surface area contributed by atoms with E-state index < -0.39 is 0 Å². The van der Waals surface area contributed by atoms with Crippen LogP contribution in [-0.2, 0) is 0 Å². The van der Waals surface area contributed by atoms with Gasteiger partial charge in [-0.1, -0.05) is 66.6 Å². The van der Waals surface area contributed by atoms with Gasteiger partial charge in [0.15, 0.2) is 0 Å². The minimum absolute atomic E-state index is 0.250. The molecule has 20 heavy (non-hydrogen) atoms. The van der Waals surface area contributed by atoms with Gasteiger partial charge in [0.2, 0.25) is 0 Å². The van der Waals surface area contributed by atoms with E-state index in [-0.39, 0.29) is 7.92 Å². The van der Waals surface area contributed by atoms with Gasteiger partial charge in [0, 0.05) is 0 Å². The van der Waals surface area contributed by atoms with Crippen LogP contribution in [0.5, 0.6) is 0 Å². The van der Waals surface area contributed by atoms with Crippen LogP contribution in [0.3, 0.4) is 0 Å². The first kappa shape index (κ1) is 15.2. The highest BCUT2D eigenvalue weighted by Crippen LogP contribution is 2.32. The first-order valence-corrected chi connectivity index (χ1v) is 8.85. The Kier molecular flexibility index (Phi) is 5.76. The molecule has 0 heterocycles. The lowest BCUT2D eigenvalue weighted by Gasteiger charge is -2.19. The number of benzene rings is 2. The lowest BCUT2D eigenvalue weighted by Crippen LogP contribution is -2.22. The van der Waals surface area contributed by atoms with Crippen molar-refractivity contribution in [3.63, 3.8) is 0 Å². The van der Waals surface area contributed by atoms with Crippen LogP contribution in [0.15, 0.2) is 48.5 Å². The lowest BCUT2D eigenvalue weighted by molar-refractivity contribution is 0.767. The molecule has 0 atom stereocenters. The number of rotatable bonds is 6. The van der Waals surface area contributed by atoms with Crippen LogP contribution < -0.4 is 15.9 Å². The van der Waals surface area contributed by atoms with Gasteiger partial charge in [-0.2, -0.15) is 0 Å². The fourth-order valence-corrected chi connectivity index (χ4v) is 4.44. The Bertz CT molecular complexity index is 471. The Morgan fingerprint density at radius 1 is 0.800 bits per heavy atom. The Hall–Kier alpha value is -1.17. The topological polar surface area (TPSA) is 12.0 Å². The van der Waals surface area contributed by atoms with Crippen LogP contribution in [-0.4, -0.2) is 19.3 Å². The SMILES string of the molecule is CCNCCP(c1ccc(C)cc1)c1ccc(C)cc1. The maximum absolute atomic E-state index is 3.46. The summed E-state index contributed by atoms with van der Waals surface area (Å²) in [5, 5.41) is 6.42. The third-order valence-electron chi connectivity index (χ3n) is 3.45. The Morgan fingerprint density at radius 2 is 1.25 bits per heavy atom. The largest absolute Gasteiger partial charge is 0.317 e. The first-order valence-electron chi connectivity index (χ1n) is 7.32. The van der Waals surface area contributed by atoms with Gasteiger partial charge >= 0.3 is 0 Å². The molecule has 106 valence electrons. The van der Waals surface area contributed by atoms with Gasteiger partial charge in [0.05, 0.1) is 0 Å². The molecule has 0 aliphatic heterocycles. The van der Waals surface area contributed by atoms with Gasteiger partial charge in [0.1, 0.15) is 0 Å². The van der Waals surface area contributed by atoms with E-state index in [9.17, 15) is 0 Å². The fraction of sp³-hybridized carbons (Fsp3) is 0.333. The molecule has 2 aromatic rings. The van der Waals surface area contributed by atoms with Crippen LogP contribution in [0.25, 0.3) is 0 Å². The standard InChI is InChI=1S/C18H24NP/c1-4-19-13-14-20(17-9-5-15(2)6-10-17)18-11-7-16(3)8-12-18/h5-12,19H,4,13-14H2,1-3H3. The first-order chi connectivity index (χ1) is 9.70. The molecular weight excluding hydrogens is 261 g/mol. The quantitative estimate of drug-likeness (QED) is 0.634. The highest BCUT2D eigenvalue weighted by atomic mass is 31.1. The van der Waals surface area contributed by atoms with E-state index >= 15 is 0 Å². The number of hydrogen-bond acceptors (Lipinski definition) is 1. The molecule has 1 nitrogen and oxygen atoms in total. The molecule has 0 aliphatic carbocycles. The van der Waals surface area contributed by atoms with Crippen molar-refractivity contribution in [2.45, 2.75) is 20.8 Å². The highest BCUT2D eigenvalue weighted by molar-refractivity contribution is 7.73. The van der Waals surface area contributed by atoms with Crippen molar-refractivity contribution in [1.29, 1.82) is 0 Å². The average molecular weight is 285 g/mol. The zero-order valence-electron chi connectivity index (χ0n) is 12.7. The Balaban J connectivity index is 2.23. The summed E-state index contributed by atoms with van der Waals surface area (Å²) >= 11 is 0. The molecule has 2 aromatic carbocycles. The molecule has 0 aliphatic rings. The summed E-state index contributed by atoms with van der Waals surface area (Å²) in [6.07, 6.45) is 1.20. The van der Waals surface area contributed by atoms with Crippen molar-refractivity contribution in [1.82, 2.24) is 5.32 Å². The maximum Gasteiger partial charge on any atom is -0.000358 e. The van der Waals surface area contributed by atoms with Gasteiger partial charge in [-0.05, 0) is 51.6 Å². The van der Waals surface area contributed by atoms with E-state index in [1.54, 1.807) is 0 Å². The summed E-state index contributed by atoms with van der Waals surface area (Å²) in [6, 6.07) is 18.1. The predicted octanol–water partition coefficient (Wildman–Crippen LogP) is 3.35. The number of aryl methyl sites for hydroxylation is 2. The molecular formula is C18H24NP. The average Bonchev–Trinajstić information content (AvgIpc) is 2.46. The molecule has 0 bridgehead atoms. The van der Waals surface area contributed by atoms with Gasteiger partial charge in [-0.3, -0.25) is 0 Å². The lowest BCUT2D eigenvalue weighted by atomic mass is 10.2. The molecule has 0 amide bonds. The second-order valence-electron chi connectivity index (χ2n) is 5.18. The monoisotopic (exact) mass is 285 g/mol. The van der Waals surface area contributed by atoms with E-state index in [1.807, 2.05) is 0 Å². The van der Waals surface area contributed by atoms with Gasteiger partial charge in [-0.25, -0.2) is 0 Å². The normalized spacial score (nSPS) is 11.0. The molecule has 0 spiro atoms. The van der Waals surface area contributed by atoms with Crippen molar-refractivity contribution in [3.05, 3.63) is 59.7 Å². The Labute approximate surface area is 124 Å². The summed E-state index contributed by atoms with van der Waals surface area (Å²) in [5.41, 5.74) is 2.67. The van der Waals surface area contributed by atoms with E-state index in [0.717, 1.165) is 13.1 Å². The molecule has 0 saturated carbocycles. The minimum Gasteiger partial charge on any atom is -0.317 e. The molecule has 2 rings (SSSR count). The van der Waals surface area contributed by atoms with Crippen LogP contribution in [0.1, 0.15) is 18.1 Å². The predicted molar refractivity (Wildman–Crippen MR) is 92.0 cm³/mol. The van der Waals surface area contributed by atoms with Gasteiger partial charge in [0.25, 0.3) is 0 Å². The molecule has 1 N–H and O–H groups in total. The van der Waals surface area contributed by atoms with Gasteiger partial charge in [-0.15, -0.1) is 0 Å².